The van der Waals surface area contributed by atoms with Gasteiger partial charge >= 0.3 is 0 Å². The van der Waals surface area contributed by atoms with Crippen molar-refractivity contribution in [2.24, 2.45) is 7.05 Å². The van der Waals surface area contributed by atoms with Crippen LogP contribution in [-0.4, -0.2) is 19.7 Å². The Hall–Kier alpha value is -2.49. The van der Waals surface area contributed by atoms with E-state index in [0.29, 0.717) is 0 Å². The molecule has 0 radical (unpaired) electrons. The normalized spacial score (nSPS) is 10.5. The van der Waals surface area contributed by atoms with Gasteiger partial charge in [-0.25, -0.2) is 0 Å². The molecule has 0 atom stereocenters. The van der Waals surface area contributed by atoms with Crippen molar-refractivity contribution in [2.75, 3.05) is 0 Å². The first-order valence-electron chi connectivity index (χ1n) is 5.71. The van der Waals surface area contributed by atoms with E-state index in [9.17, 15) is 0 Å². The Morgan fingerprint density at radius 1 is 0.778 bits per heavy atom. The molecule has 0 unspecified atom stereocenters. The summed E-state index contributed by atoms with van der Waals surface area (Å²) in [5.41, 5.74) is 2.08. The number of hydrogen-bond donors (Lipinski definition) is 0. The van der Waals surface area contributed by atoms with E-state index in [0.717, 1.165) is 22.8 Å². The van der Waals surface area contributed by atoms with Gasteiger partial charge in [0.05, 0.1) is 0 Å². The highest BCUT2D eigenvalue weighted by atomic mass is 15.3. The first kappa shape index (κ1) is 10.7. The van der Waals surface area contributed by atoms with Gasteiger partial charge in [0.2, 0.25) is 0 Å². The standard InChI is InChI=1S/C14H12N4/c1-18-13(11-5-3-2-4-6-11)16-17-14(18)12-7-9-15-10-8-12/h2-10H,1H3. The Balaban J connectivity index is 2.09. The van der Waals surface area contributed by atoms with Gasteiger partial charge < -0.3 is 4.57 Å². The lowest BCUT2D eigenvalue weighted by atomic mass is 10.2. The summed E-state index contributed by atoms with van der Waals surface area (Å²) in [5.74, 6) is 1.71. The minimum absolute atomic E-state index is 0.844. The molecule has 4 heteroatoms. The lowest BCUT2D eigenvalue weighted by molar-refractivity contribution is 0.929. The van der Waals surface area contributed by atoms with Gasteiger partial charge in [-0.15, -0.1) is 10.2 Å². The zero-order chi connectivity index (χ0) is 12.4. The average Bonchev–Trinajstić information content (AvgIpc) is 2.83. The molecule has 0 saturated heterocycles. The summed E-state index contributed by atoms with van der Waals surface area (Å²) < 4.78 is 1.99. The molecule has 0 aliphatic heterocycles. The summed E-state index contributed by atoms with van der Waals surface area (Å²) in [5, 5.41) is 8.50. The maximum absolute atomic E-state index is 4.25. The number of rotatable bonds is 2. The molecule has 0 N–H and O–H groups in total. The van der Waals surface area contributed by atoms with Crippen LogP contribution in [-0.2, 0) is 7.05 Å². The van der Waals surface area contributed by atoms with Crippen molar-refractivity contribution in [3.8, 4) is 22.8 Å². The molecule has 4 nitrogen and oxygen atoms in total. The van der Waals surface area contributed by atoms with Gasteiger partial charge in [-0.1, -0.05) is 30.3 Å². The van der Waals surface area contributed by atoms with Crippen LogP contribution in [0.2, 0.25) is 0 Å². The van der Waals surface area contributed by atoms with Gasteiger partial charge in [0.15, 0.2) is 11.6 Å². The van der Waals surface area contributed by atoms with Crippen LogP contribution in [0.1, 0.15) is 0 Å². The van der Waals surface area contributed by atoms with E-state index < -0.39 is 0 Å². The van der Waals surface area contributed by atoms with Crippen molar-refractivity contribution in [3.63, 3.8) is 0 Å². The number of aromatic nitrogens is 4. The minimum atomic E-state index is 0.844. The molecule has 18 heavy (non-hydrogen) atoms. The van der Waals surface area contributed by atoms with E-state index in [-0.39, 0.29) is 0 Å². The van der Waals surface area contributed by atoms with Crippen LogP contribution in [0, 0.1) is 0 Å². The summed E-state index contributed by atoms with van der Waals surface area (Å²) in [4.78, 5) is 4.01. The summed E-state index contributed by atoms with van der Waals surface area (Å²) in [7, 11) is 1.97. The third-order valence-corrected chi connectivity index (χ3v) is 2.85. The van der Waals surface area contributed by atoms with Crippen LogP contribution >= 0.6 is 0 Å². The quantitative estimate of drug-likeness (QED) is 0.686. The molecule has 3 aromatic rings. The lowest BCUT2D eigenvalue weighted by Gasteiger charge is -2.03. The second-order valence-electron chi connectivity index (χ2n) is 4.01. The van der Waals surface area contributed by atoms with Gasteiger partial charge in [0.1, 0.15) is 0 Å². The summed E-state index contributed by atoms with van der Waals surface area (Å²) in [6.45, 7) is 0. The highest BCUT2D eigenvalue weighted by molar-refractivity contribution is 5.61. The van der Waals surface area contributed by atoms with E-state index in [1.165, 1.54) is 0 Å². The highest BCUT2D eigenvalue weighted by Crippen LogP contribution is 2.22. The van der Waals surface area contributed by atoms with Crippen LogP contribution in [0.3, 0.4) is 0 Å². The first-order chi connectivity index (χ1) is 8.86. The lowest BCUT2D eigenvalue weighted by Crippen LogP contribution is -1.95. The molecule has 0 saturated carbocycles. The molecule has 0 aliphatic carbocycles. The SMILES string of the molecule is Cn1c(-c2ccccc2)nnc1-c1ccncc1. The smallest absolute Gasteiger partial charge is 0.164 e. The van der Waals surface area contributed by atoms with E-state index in [1.54, 1.807) is 12.4 Å². The van der Waals surface area contributed by atoms with Crippen LogP contribution in [0.4, 0.5) is 0 Å². The Bertz CT molecular complexity index is 587. The van der Waals surface area contributed by atoms with Gasteiger partial charge in [-0.2, -0.15) is 0 Å². The van der Waals surface area contributed by atoms with E-state index >= 15 is 0 Å². The second kappa shape index (κ2) is 4.41. The van der Waals surface area contributed by atoms with Gasteiger partial charge in [0, 0.05) is 30.6 Å². The summed E-state index contributed by atoms with van der Waals surface area (Å²) in [6, 6.07) is 13.9. The van der Waals surface area contributed by atoms with Crippen LogP contribution < -0.4 is 0 Å². The number of hydrogen-bond acceptors (Lipinski definition) is 3. The van der Waals surface area contributed by atoms with Crippen LogP contribution in [0.5, 0.6) is 0 Å². The second-order valence-corrected chi connectivity index (χ2v) is 4.01. The number of pyridine rings is 1. The molecule has 0 bridgehead atoms. The molecular weight excluding hydrogens is 224 g/mol. The molecule has 0 spiro atoms. The van der Waals surface area contributed by atoms with Crippen LogP contribution in [0.25, 0.3) is 22.8 Å². The van der Waals surface area contributed by atoms with Gasteiger partial charge in [-0.05, 0) is 12.1 Å². The van der Waals surface area contributed by atoms with Crippen molar-refractivity contribution in [1.82, 2.24) is 19.7 Å². The van der Waals surface area contributed by atoms with E-state index in [1.807, 2.05) is 54.1 Å². The Labute approximate surface area is 105 Å². The fraction of sp³-hybridized carbons (Fsp3) is 0.0714. The van der Waals surface area contributed by atoms with Gasteiger partial charge in [0.25, 0.3) is 0 Å². The fourth-order valence-corrected chi connectivity index (χ4v) is 1.92. The Morgan fingerprint density at radius 3 is 1.94 bits per heavy atom. The predicted molar refractivity (Wildman–Crippen MR) is 69.7 cm³/mol. The number of benzene rings is 1. The maximum Gasteiger partial charge on any atom is 0.164 e. The molecule has 3 rings (SSSR count). The zero-order valence-corrected chi connectivity index (χ0v) is 9.99. The maximum atomic E-state index is 4.25. The monoisotopic (exact) mass is 236 g/mol. The Kier molecular flexibility index (Phi) is 2.61. The molecule has 2 aromatic heterocycles. The van der Waals surface area contributed by atoms with Crippen molar-refractivity contribution >= 4 is 0 Å². The molecular formula is C14H12N4. The minimum Gasteiger partial charge on any atom is -0.310 e. The topological polar surface area (TPSA) is 43.6 Å². The summed E-state index contributed by atoms with van der Waals surface area (Å²) in [6.07, 6.45) is 3.51. The van der Waals surface area contributed by atoms with Crippen molar-refractivity contribution in [3.05, 3.63) is 54.9 Å². The highest BCUT2D eigenvalue weighted by Gasteiger charge is 2.11. The summed E-state index contributed by atoms with van der Waals surface area (Å²) >= 11 is 0. The predicted octanol–water partition coefficient (Wildman–Crippen LogP) is 2.54. The molecule has 0 amide bonds. The molecule has 0 fully saturated rings. The first-order valence-corrected chi connectivity index (χ1v) is 5.71. The largest absolute Gasteiger partial charge is 0.310 e. The van der Waals surface area contributed by atoms with E-state index in [4.69, 9.17) is 0 Å². The number of nitrogens with zero attached hydrogens (tertiary/aromatic N) is 4. The molecule has 2 heterocycles. The van der Waals surface area contributed by atoms with Crippen LogP contribution in [0.15, 0.2) is 54.9 Å². The molecule has 1 aromatic carbocycles. The zero-order valence-electron chi connectivity index (χ0n) is 9.99. The molecule has 88 valence electrons. The fourth-order valence-electron chi connectivity index (χ4n) is 1.92. The van der Waals surface area contributed by atoms with Crippen molar-refractivity contribution < 1.29 is 0 Å². The van der Waals surface area contributed by atoms with Crippen molar-refractivity contribution in [2.45, 2.75) is 0 Å². The van der Waals surface area contributed by atoms with E-state index in [2.05, 4.69) is 15.2 Å². The van der Waals surface area contributed by atoms with Gasteiger partial charge in [-0.3, -0.25) is 4.98 Å². The molecule has 0 aliphatic rings. The average molecular weight is 236 g/mol. The third kappa shape index (κ3) is 1.78. The van der Waals surface area contributed by atoms with Crippen molar-refractivity contribution in [1.29, 1.82) is 0 Å². The Morgan fingerprint density at radius 2 is 1.33 bits per heavy atom. The third-order valence-electron chi connectivity index (χ3n) is 2.85.